The van der Waals surface area contributed by atoms with Gasteiger partial charge in [-0.2, -0.15) is 4.31 Å². The summed E-state index contributed by atoms with van der Waals surface area (Å²) in [4.78, 5) is 12.5. The molecule has 1 aliphatic heterocycles. The van der Waals surface area contributed by atoms with Gasteiger partial charge in [0.25, 0.3) is 0 Å². The van der Waals surface area contributed by atoms with E-state index in [-0.39, 0.29) is 23.1 Å². The molecule has 3 rings (SSSR count). The predicted octanol–water partition coefficient (Wildman–Crippen LogP) is 2.71. The van der Waals surface area contributed by atoms with Gasteiger partial charge in [-0.05, 0) is 42.7 Å². The number of halogens is 1. The summed E-state index contributed by atoms with van der Waals surface area (Å²) in [5, 5.41) is 2.58. The Hall–Kier alpha value is -1.90. The van der Waals surface area contributed by atoms with Crippen LogP contribution in [0.15, 0.2) is 51.8 Å². The van der Waals surface area contributed by atoms with Gasteiger partial charge in [0.1, 0.15) is 16.7 Å². The van der Waals surface area contributed by atoms with E-state index in [9.17, 15) is 13.2 Å². The van der Waals surface area contributed by atoms with Gasteiger partial charge in [-0.25, -0.2) is 8.42 Å². The second-order valence-electron chi connectivity index (χ2n) is 6.18. The van der Waals surface area contributed by atoms with Gasteiger partial charge in [0.2, 0.25) is 15.9 Å². The molecule has 0 radical (unpaired) electrons. The lowest BCUT2D eigenvalue weighted by Gasteiger charge is -2.35. The van der Waals surface area contributed by atoms with Crippen molar-refractivity contribution in [2.45, 2.75) is 30.8 Å². The molecule has 0 fully saturated rings. The molecule has 8 heteroatoms. The lowest BCUT2D eigenvalue weighted by atomic mass is 9.95. The molecule has 144 valence electrons. The van der Waals surface area contributed by atoms with Gasteiger partial charge in [-0.3, -0.25) is 4.79 Å². The van der Waals surface area contributed by atoms with E-state index in [0.717, 1.165) is 11.1 Å². The number of hydrogen-bond donors (Lipinski definition) is 1. The topological polar surface area (TPSA) is 75.7 Å². The Balaban J connectivity index is 2.11. The Kier molecular flexibility index (Phi) is 5.88. The van der Waals surface area contributed by atoms with Crippen LogP contribution in [0.3, 0.4) is 0 Å². The zero-order valence-corrected chi connectivity index (χ0v) is 17.5. The maximum absolute atomic E-state index is 13.5. The number of carbonyl (C=O) groups excluding carboxylic acids is 1. The van der Waals surface area contributed by atoms with E-state index in [0.29, 0.717) is 17.5 Å². The van der Waals surface area contributed by atoms with Crippen LogP contribution in [0.5, 0.6) is 5.75 Å². The Morgan fingerprint density at radius 2 is 1.96 bits per heavy atom. The number of rotatable bonds is 5. The average Bonchev–Trinajstić information content (AvgIpc) is 2.67. The SMILES string of the molecule is CCOc1ccc(Br)cc1S(=O)(=O)N1Cc2ccccc2CC1C(=O)NC. The maximum Gasteiger partial charge on any atom is 0.247 e. The Labute approximate surface area is 167 Å². The second-order valence-corrected chi connectivity index (χ2v) is 8.95. The summed E-state index contributed by atoms with van der Waals surface area (Å²) in [5.74, 6) is -0.0590. The van der Waals surface area contributed by atoms with Crippen molar-refractivity contribution in [1.82, 2.24) is 9.62 Å². The highest BCUT2D eigenvalue weighted by Gasteiger charge is 2.40. The lowest BCUT2D eigenvalue weighted by molar-refractivity contribution is -0.124. The Morgan fingerprint density at radius 1 is 1.26 bits per heavy atom. The number of ether oxygens (including phenoxy) is 1. The van der Waals surface area contributed by atoms with E-state index in [1.807, 2.05) is 24.3 Å². The fourth-order valence-electron chi connectivity index (χ4n) is 3.23. The van der Waals surface area contributed by atoms with Crippen molar-refractivity contribution in [3.63, 3.8) is 0 Å². The minimum atomic E-state index is -3.97. The lowest BCUT2D eigenvalue weighted by Crippen LogP contribution is -2.51. The van der Waals surface area contributed by atoms with Crippen LogP contribution in [-0.2, 0) is 27.8 Å². The highest BCUT2D eigenvalue weighted by Crippen LogP contribution is 2.34. The van der Waals surface area contributed by atoms with Crippen LogP contribution in [-0.4, -0.2) is 38.3 Å². The third-order valence-corrected chi connectivity index (χ3v) is 6.92. The standard InChI is InChI=1S/C19H21BrN2O4S/c1-3-26-17-9-8-15(20)11-18(17)27(24,25)22-12-14-7-5-4-6-13(14)10-16(22)19(23)21-2/h4-9,11,16H,3,10,12H2,1-2H3,(H,21,23). The molecule has 1 amide bonds. The molecule has 0 aromatic heterocycles. The Morgan fingerprint density at radius 3 is 2.63 bits per heavy atom. The number of hydrogen-bond acceptors (Lipinski definition) is 4. The normalized spacial score (nSPS) is 17.2. The first-order chi connectivity index (χ1) is 12.9. The minimum Gasteiger partial charge on any atom is -0.492 e. The first-order valence-electron chi connectivity index (χ1n) is 8.61. The summed E-state index contributed by atoms with van der Waals surface area (Å²) >= 11 is 3.33. The molecule has 0 bridgehead atoms. The van der Waals surface area contributed by atoms with Crippen LogP contribution in [0, 0.1) is 0 Å². The first-order valence-corrected chi connectivity index (χ1v) is 10.8. The molecule has 1 atom stereocenters. The molecule has 1 aliphatic rings. The van der Waals surface area contributed by atoms with Gasteiger partial charge < -0.3 is 10.1 Å². The first kappa shape index (κ1) is 19.9. The molecule has 2 aromatic rings. The van der Waals surface area contributed by atoms with E-state index >= 15 is 0 Å². The summed E-state index contributed by atoms with van der Waals surface area (Å²) < 4.78 is 34.5. The number of likely N-dealkylation sites (N-methyl/N-ethyl adjacent to an activating group) is 1. The molecule has 2 aromatic carbocycles. The molecule has 1 heterocycles. The van der Waals surface area contributed by atoms with Gasteiger partial charge in [-0.15, -0.1) is 0 Å². The largest absolute Gasteiger partial charge is 0.492 e. The van der Waals surface area contributed by atoms with Crippen LogP contribution >= 0.6 is 15.9 Å². The van der Waals surface area contributed by atoms with Crippen LogP contribution < -0.4 is 10.1 Å². The van der Waals surface area contributed by atoms with Crippen molar-refractivity contribution in [3.8, 4) is 5.75 Å². The predicted molar refractivity (Wildman–Crippen MR) is 106 cm³/mol. The number of amides is 1. The highest BCUT2D eigenvalue weighted by atomic mass is 79.9. The van der Waals surface area contributed by atoms with Crippen LogP contribution in [0.4, 0.5) is 0 Å². The van der Waals surface area contributed by atoms with Crippen LogP contribution in [0.1, 0.15) is 18.1 Å². The molecule has 1 unspecified atom stereocenters. The van der Waals surface area contributed by atoms with Crippen LogP contribution in [0.25, 0.3) is 0 Å². The second kappa shape index (κ2) is 8.00. The summed E-state index contributed by atoms with van der Waals surface area (Å²) in [6, 6.07) is 11.6. The third-order valence-electron chi connectivity index (χ3n) is 4.55. The number of sulfonamides is 1. The smallest absolute Gasteiger partial charge is 0.247 e. The molecule has 0 saturated carbocycles. The fourth-order valence-corrected chi connectivity index (χ4v) is 5.46. The molecule has 0 saturated heterocycles. The van der Waals surface area contributed by atoms with Crippen molar-refractivity contribution in [2.75, 3.05) is 13.7 Å². The molecule has 6 nitrogen and oxygen atoms in total. The minimum absolute atomic E-state index is 0.0482. The van der Waals surface area contributed by atoms with E-state index in [1.54, 1.807) is 19.1 Å². The molecule has 27 heavy (non-hydrogen) atoms. The van der Waals surface area contributed by atoms with E-state index in [1.165, 1.54) is 17.4 Å². The maximum atomic E-state index is 13.5. The number of nitrogens with one attached hydrogen (secondary N) is 1. The zero-order chi connectivity index (χ0) is 19.6. The summed E-state index contributed by atoms with van der Waals surface area (Å²) in [5.41, 5.74) is 1.88. The molecule has 1 N–H and O–H groups in total. The highest BCUT2D eigenvalue weighted by molar-refractivity contribution is 9.10. The van der Waals surface area contributed by atoms with Crippen molar-refractivity contribution >= 4 is 31.9 Å². The Bertz CT molecular complexity index is 962. The van der Waals surface area contributed by atoms with Crippen molar-refractivity contribution in [2.24, 2.45) is 0 Å². The van der Waals surface area contributed by atoms with Gasteiger partial charge in [0.05, 0.1) is 6.61 Å². The van der Waals surface area contributed by atoms with Crippen molar-refractivity contribution in [3.05, 3.63) is 58.1 Å². The van der Waals surface area contributed by atoms with Gasteiger partial charge in [0, 0.05) is 18.1 Å². The van der Waals surface area contributed by atoms with E-state index in [4.69, 9.17) is 4.74 Å². The summed E-state index contributed by atoms with van der Waals surface area (Å²) in [7, 11) is -2.45. The summed E-state index contributed by atoms with van der Waals surface area (Å²) in [6.07, 6.45) is 0.326. The molecule has 0 spiro atoms. The van der Waals surface area contributed by atoms with Gasteiger partial charge in [0.15, 0.2) is 0 Å². The average molecular weight is 453 g/mol. The monoisotopic (exact) mass is 452 g/mol. The number of carbonyl (C=O) groups is 1. The van der Waals surface area contributed by atoms with Gasteiger partial charge in [-0.1, -0.05) is 40.2 Å². The third kappa shape index (κ3) is 3.88. The molecular formula is C19H21BrN2O4S. The zero-order valence-electron chi connectivity index (χ0n) is 15.1. The van der Waals surface area contributed by atoms with E-state index < -0.39 is 16.1 Å². The number of fused-ring (bicyclic) bond motifs is 1. The van der Waals surface area contributed by atoms with Crippen molar-refractivity contribution < 1.29 is 17.9 Å². The molecule has 0 aliphatic carbocycles. The van der Waals surface area contributed by atoms with Crippen LogP contribution in [0.2, 0.25) is 0 Å². The quantitative estimate of drug-likeness (QED) is 0.756. The number of nitrogens with zero attached hydrogens (tertiary/aromatic N) is 1. The van der Waals surface area contributed by atoms with Crippen molar-refractivity contribution in [1.29, 1.82) is 0 Å². The number of benzene rings is 2. The van der Waals surface area contributed by atoms with Gasteiger partial charge >= 0.3 is 0 Å². The summed E-state index contributed by atoms with van der Waals surface area (Å²) in [6.45, 7) is 2.27. The van der Waals surface area contributed by atoms with E-state index in [2.05, 4.69) is 21.2 Å². The molecular weight excluding hydrogens is 432 g/mol. The fraction of sp³-hybridized carbons (Fsp3) is 0.316.